The lowest BCUT2D eigenvalue weighted by atomic mass is 10.0. The van der Waals surface area contributed by atoms with Crippen LogP contribution in [0.1, 0.15) is 39.5 Å². The fraction of sp³-hybridized carbons (Fsp3) is 0.600. The van der Waals surface area contributed by atoms with Crippen LogP contribution in [0.4, 0.5) is 0 Å². The van der Waals surface area contributed by atoms with Crippen molar-refractivity contribution >= 4 is 35.1 Å². The van der Waals surface area contributed by atoms with Gasteiger partial charge in [0, 0.05) is 14.9 Å². The molecular weight excluding hydrogens is 311 g/mol. The third-order valence-electron chi connectivity index (χ3n) is 2.76. The fourth-order valence-corrected chi connectivity index (χ4v) is 2.83. The molecule has 0 aromatic heterocycles. The monoisotopic (exact) mass is 336 g/mol. The van der Waals surface area contributed by atoms with Gasteiger partial charge in [-0.25, -0.2) is 0 Å². The van der Waals surface area contributed by atoms with Crippen molar-refractivity contribution in [1.29, 1.82) is 0 Å². The highest BCUT2D eigenvalue weighted by Crippen LogP contribution is 2.24. The summed E-state index contributed by atoms with van der Waals surface area (Å²) in [4.78, 5) is 1.02. The molecule has 3 N–H and O–H groups in total. The van der Waals surface area contributed by atoms with Gasteiger partial charge in [0.25, 0.3) is 0 Å². The Labute approximate surface area is 137 Å². The van der Waals surface area contributed by atoms with Crippen molar-refractivity contribution in [3.63, 3.8) is 0 Å². The highest BCUT2D eigenvalue weighted by molar-refractivity contribution is 7.97. The van der Waals surface area contributed by atoms with Gasteiger partial charge < -0.3 is 5.73 Å². The molecule has 2 nitrogen and oxygen atoms in total. The van der Waals surface area contributed by atoms with Gasteiger partial charge in [0.05, 0.1) is 0 Å². The van der Waals surface area contributed by atoms with Gasteiger partial charge in [0.2, 0.25) is 0 Å². The van der Waals surface area contributed by atoms with Crippen LogP contribution in [0.15, 0.2) is 23.1 Å². The molecule has 0 fully saturated rings. The first-order valence-electron chi connectivity index (χ1n) is 7.03. The normalized spacial score (nSPS) is 11.7. The zero-order valence-corrected chi connectivity index (χ0v) is 14.9. The molecule has 1 atom stereocenters. The molecule has 1 aromatic carbocycles. The number of benzene rings is 1. The van der Waals surface area contributed by atoms with Crippen LogP contribution in [0, 0.1) is 5.92 Å². The summed E-state index contributed by atoms with van der Waals surface area (Å²) in [5, 5.41) is 1.32. The summed E-state index contributed by atoms with van der Waals surface area (Å²) in [6.45, 7) is 5.30. The van der Waals surface area contributed by atoms with E-state index < -0.39 is 0 Å². The third kappa shape index (κ3) is 10.8. The van der Waals surface area contributed by atoms with Crippen LogP contribution in [0.3, 0.4) is 0 Å². The summed E-state index contributed by atoms with van der Waals surface area (Å²) < 4.78 is 2.94. The summed E-state index contributed by atoms with van der Waals surface area (Å²) in [6, 6.07) is 5.42. The second-order valence-corrected chi connectivity index (χ2v) is 6.70. The number of nitrogens with one attached hydrogen (secondary N) is 1. The molecule has 1 unspecified atom stereocenters. The molecule has 0 amide bonds. The van der Waals surface area contributed by atoms with E-state index in [-0.39, 0.29) is 0 Å². The number of halogens is 2. The van der Waals surface area contributed by atoms with Crippen molar-refractivity contribution in [2.24, 2.45) is 11.7 Å². The van der Waals surface area contributed by atoms with Crippen LogP contribution in [0.2, 0.25) is 10.0 Å². The van der Waals surface area contributed by atoms with Gasteiger partial charge >= 0.3 is 0 Å². The Kier molecular flexibility index (Phi) is 12.8. The second-order valence-electron chi connectivity index (χ2n) is 4.75. The molecule has 20 heavy (non-hydrogen) atoms. The van der Waals surface area contributed by atoms with Gasteiger partial charge in [-0.1, -0.05) is 56.3 Å². The molecule has 0 aliphatic heterocycles. The Morgan fingerprint density at radius 3 is 2.25 bits per heavy atom. The summed E-state index contributed by atoms with van der Waals surface area (Å²) >= 11 is 13.0. The van der Waals surface area contributed by atoms with E-state index in [9.17, 15) is 0 Å². The maximum Gasteiger partial charge on any atom is 0.0432 e. The lowest BCUT2D eigenvalue weighted by molar-refractivity contribution is 0.505. The molecule has 5 heteroatoms. The van der Waals surface area contributed by atoms with Crippen LogP contribution in [0.5, 0.6) is 0 Å². The zero-order chi connectivity index (χ0) is 15.4. The maximum atomic E-state index is 5.76. The smallest absolute Gasteiger partial charge is 0.0432 e. The molecule has 0 heterocycles. The number of unbranched alkanes of at least 4 members (excludes halogenated alkanes) is 2. The SMILES string of the molecule is CCCCCC(C)CN.CNSc1cc(Cl)cc(Cl)c1. The highest BCUT2D eigenvalue weighted by Gasteiger charge is 1.97. The van der Waals surface area contributed by atoms with Crippen LogP contribution in [0.25, 0.3) is 0 Å². The van der Waals surface area contributed by atoms with E-state index in [1.54, 1.807) is 6.07 Å². The summed E-state index contributed by atoms with van der Waals surface area (Å²) in [5.74, 6) is 0.733. The van der Waals surface area contributed by atoms with Crippen molar-refractivity contribution in [2.45, 2.75) is 44.4 Å². The van der Waals surface area contributed by atoms with Crippen molar-refractivity contribution in [2.75, 3.05) is 13.6 Å². The first-order chi connectivity index (χ1) is 9.53. The zero-order valence-electron chi connectivity index (χ0n) is 12.6. The topological polar surface area (TPSA) is 38.0 Å². The Morgan fingerprint density at radius 1 is 1.20 bits per heavy atom. The molecule has 1 aromatic rings. The lowest BCUT2D eigenvalue weighted by Crippen LogP contribution is -2.10. The maximum absolute atomic E-state index is 5.76. The highest BCUT2D eigenvalue weighted by atomic mass is 35.5. The predicted octanol–water partition coefficient (Wildman–Crippen LogP) is 5.38. The summed E-state index contributed by atoms with van der Waals surface area (Å²) in [7, 11) is 1.85. The van der Waals surface area contributed by atoms with Crippen molar-refractivity contribution in [3.8, 4) is 0 Å². The Morgan fingerprint density at radius 2 is 1.80 bits per heavy atom. The van der Waals surface area contributed by atoms with E-state index in [0.717, 1.165) is 17.4 Å². The average molecular weight is 337 g/mol. The minimum atomic E-state index is 0.662. The third-order valence-corrected chi connectivity index (χ3v) is 3.87. The summed E-state index contributed by atoms with van der Waals surface area (Å²) in [5.41, 5.74) is 5.45. The van der Waals surface area contributed by atoms with E-state index in [4.69, 9.17) is 28.9 Å². The van der Waals surface area contributed by atoms with Crippen LogP contribution >= 0.6 is 35.1 Å². The number of hydrogen-bond acceptors (Lipinski definition) is 3. The van der Waals surface area contributed by atoms with Gasteiger partial charge in [-0.3, -0.25) is 4.72 Å². The Hall–Kier alpha value is 0.0700. The van der Waals surface area contributed by atoms with E-state index in [2.05, 4.69) is 18.6 Å². The number of nitrogens with two attached hydrogens (primary N) is 1. The van der Waals surface area contributed by atoms with Crippen LogP contribution in [-0.4, -0.2) is 13.6 Å². The van der Waals surface area contributed by atoms with E-state index in [0.29, 0.717) is 10.0 Å². The molecule has 0 spiro atoms. The quantitative estimate of drug-likeness (QED) is 0.518. The number of hydrogen-bond donors (Lipinski definition) is 2. The van der Waals surface area contributed by atoms with E-state index in [1.807, 2.05) is 19.2 Å². The Balaban J connectivity index is 0.000000370. The average Bonchev–Trinajstić information content (AvgIpc) is 2.39. The van der Waals surface area contributed by atoms with Crippen molar-refractivity contribution < 1.29 is 0 Å². The van der Waals surface area contributed by atoms with E-state index in [1.165, 1.54) is 37.6 Å². The van der Waals surface area contributed by atoms with Gasteiger partial charge in [0.15, 0.2) is 0 Å². The van der Waals surface area contributed by atoms with Crippen molar-refractivity contribution in [3.05, 3.63) is 28.2 Å². The number of rotatable bonds is 7. The molecule has 0 saturated heterocycles. The molecule has 116 valence electrons. The minimum Gasteiger partial charge on any atom is -0.330 e. The first-order valence-corrected chi connectivity index (χ1v) is 8.60. The van der Waals surface area contributed by atoms with Gasteiger partial charge in [-0.05, 0) is 56.1 Å². The molecule has 0 bridgehead atoms. The predicted molar refractivity (Wildman–Crippen MR) is 93.7 cm³/mol. The molecular formula is C15H26Cl2N2S. The second kappa shape index (κ2) is 12.8. The molecule has 0 radical (unpaired) electrons. The lowest BCUT2D eigenvalue weighted by Gasteiger charge is -2.05. The molecule has 0 aliphatic rings. The largest absolute Gasteiger partial charge is 0.330 e. The summed E-state index contributed by atoms with van der Waals surface area (Å²) in [6.07, 6.45) is 5.35. The minimum absolute atomic E-state index is 0.662. The molecule has 0 aliphatic carbocycles. The van der Waals surface area contributed by atoms with E-state index >= 15 is 0 Å². The van der Waals surface area contributed by atoms with Crippen LogP contribution in [-0.2, 0) is 0 Å². The fourth-order valence-electron chi connectivity index (χ4n) is 1.57. The van der Waals surface area contributed by atoms with Gasteiger partial charge in [-0.2, -0.15) is 0 Å². The molecule has 0 saturated carbocycles. The van der Waals surface area contributed by atoms with Crippen molar-refractivity contribution in [1.82, 2.24) is 4.72 Å². The standard InChI is InChI=1S/C8H19N.C7H7Cl2NS/c1-3-4-5-6-8(2)7-9;1-10-11-7-3-5(8)2-6(9)4-7/h8H,3-7,9H2,1-2H3;2-4,10H,1H3. The van der Waals surface area contributed by atoms with Gasteiger partial charge in [0.1, 0.15) is 0 Å². The molecule has 1 rings (SSSR count). The van der Waals surface area contributed by atoms with Crippen LogP contribution < -0.4 is 10.5 Å². The first kappa shape index (κ1) is 20.1. The Bertz CT molecular complexity index is 341. The van der Waals surface area contributed by atoms with Gasteiger partial charge in [-0.15, -0.1) is 0 Å².